The number of nitrogens with zero attached hydrogens (tertiary/aromatic N) is 8. The number of aromatic nitrogens is 4. The molecule has 3 aromatic heterocycles. The molecule has 4 aromatic carbocycles. The van der Waals surface area contributed by atoms with Crippen LogP contribution in [-0.4, -0.2) is 123 Å². The average Bonchev–Trinajstić information content (AvgIpc) is 3.99. The Kier molecular flexibility index (Phi) is 13.8. The second-order valence-corrected chi connectivity index (χ2v) is 20.7. The number of rotatable bonds is 14. The van der Waals surface area contributed by atoms with Crippen molar-refractivity contribution in [2.24, 2.45) is 7.05 Å². The predicted octanol–water partition coefficient (Wildman–Crippen LogP) is 7.15. The van der Waals surface area contributed by atoms with E-state index in [4.69, 9.17) is 9.84 Å². The number of piperidine rings is 2. The van der Waals surface area contributed by atoms with Crippen molar-refractivity contribution < 1.29 is 33.8 Å². The quantitative estimate of drug-likeness (QED) is 0.0735. The van der Waals surface area contributed by atoms with E-state index in [9.17, 15) is 29.1 Å². The van der Waals surface area contributed by atoms with Gasteiger partial charge in [-0.05, 0) is 122 Å². The number of imide groups is 1. The lowest BCUT2D eigenvalue weighted by atomic mass is 9.89. The van der Waals surface area contributed by atoms with E-state index in [1.54, 1.807) is 0 Å². The van der Waals surface area contributed by atoms with E-state index in [0.717, 1.165) is 69.6 Å². The summed E-state index contributed by atoms with van der Waals surface area (Å²) in [6, 6.07) is 31.5. The minimum Gasteiger partial charge on any atom is -0.494 e. The summed E-state index contributed by atoms with van der Waals surface area (Å²) in [6.07, 6.45) is 4.39. The van der Waals surface area contributed by atoms with Crippen LogP contribution in [0, 0.1) is 0 Å². The van der Waals surface area contributed by atoms with Gasteiger partial charge in [-0.25, -0.2) is 14.8 Å². The number of amides is 4. The fourth-order valence-corrected chi connectivity index (χ4v) is 12.0. The molecule has 1 unspecified atom stereocenters. The molecule has 0 aliphatic carbocycles. The first-order chi connectivity index (χ1) is 36.0. The van der Waals surface area contributed by atoms with Crippen LogP contribution in [0.4, 0.5) is 16.6 Å². The lowest BCUT2D eigenvalue weighted by molar-refractivity contribution is -0.134. The van der Waals surface area contributed by atoms with Gasteiger partial charge in [-0.3, -0.25) is 39.4 Å². The van der Waals surface area contributed by atoms with Crippen LogP contribution in [0.1, 0.15) is 92.7 Å². The Morgan fingerprint density at radius 3 is 2.46 bits per heavy atom. The van der Waals surface area contributed by atoms with Gasteiger partial charge >= 0.3 is 5.97 Å². The molecule has 3 saturated heterocycles. The van der Waals surface area contributed by atoms with Crippen LogP contribution >= 0.6 is 11.3 Å². The number of thiazole rings is 1. The van der Waals surface area contributed by atoms with E-state index in [0.29, 0.717) is 118 Å². The molecular weight excluding hydrogens is 957 g/mol. The van der Waals surface area contributed by atoms with E-state index in [1.165, 1.54) is 16.9 Å². The van der Waals surface area contributed by atoms with Gasteiger partial charge in [0.1, 0.15) is 11.6 Å². The van der Waals surface area contributed by atoms with Crippen LogP contribution < -0.4 is 25.2 Å². The van der Waals surface area contributed by atoms with E-state index < -0.39 is 11.9 Å². The molecule has 17 nitrogen and oxygen atoms in total. The fraction of sp³-hybridized carbons (Fsp3) is 0.357. The van der Waals surface area contributed by atoms with Crippen molar-refractivity contribution in [3.8, 4) is 5.75 Å². The molecule has 1 atom stereocenters. The first kappa shape index (κ1) is 48.6. The minimum absolute atomic E-state index is 0.0206. The average molecular weight is 1020 g/mol. The van der Waals surface area contributed by atoms with Gasteiger partial charge < -0.3 is 24.5 Å². The Hall–Kier alpha value is -7.70. The summed E-state index contributed by atoms with van der Waals surface area (Å²) < 4.78 is 9.05. The number of ether oxygens (including phenoxy) is 1. The van der Waals surface area contributed by atoms with Gasteiger partial charge in [-0.2, -0.15) is 5.10 Å². The highest BCUT2D eigenvalue weighted by Crippen LogP contribution is 2.36. The number of benzene rings is 4. The van der Waals surface area contributed by atoms with Gasteiger partial charge in [0, 0.05) is 63.7 Å². The van der Waals surface area contributed by atoms with Gasteiger partial charge in [0.25, 0.3) is 5.91 Å². The second-order valence-electron chi connectivity index (χ2n) is 19.7. The van der Waals surface area contributed by atoms with Crippen LogP contribution in [0.2, 0.25) is 0 Å². The zero-order valence-electron chi connectivity index (χ0n) is 41.3. The van der Waals surface area contributed by atoms with Crippen LogP contribution in [0.3, 0.4) is 0 Å². The minimum atomic E-state index is -1.08. The standard InChI is InChI=1S/C56H58N10O7S/c1-62-52-41(51(61-62)42-18-20-48(67)59-54(42)70)13-6-15-45(52)64-27-29-65(30-28-64)49(68)34-63-24-21-35(22-25-63)38-9-4-11-39(32-38)73-31-7-10-37-17-19-47(58-50(37)55(71)72)66-26-23-36-8-5-12-40(43(36)33-66)53(69)60-56-57-44-14-2-3-16-46(44)74-56/h2-6,8-9,11-17,19,32,35,42H,7,10,18,20-31,33-34H2,1H3,(H,71,72)(H,57,60,69)(H,59,67,70). The summed E-state index contributed by atoms with van der Waals surface area (Å²) in [7, 11) is 1.89. The monoisotopic (exact) mass is 1010 g/mol. The number of hydrogen-bond acceptors (Lipinski definition) is 13. The highest BCUT2D eigenvalue weighted by molar-refractivity contribution is 7.22. The molecule has 11 rings (SSSR count). The first-order valence-electron chi connectivity index (χ1n) is 25.6. The van der Waals surface area contributed by atoms with Crippen molar-refractivity contribution in [2.45, 2.75) is 63.3 Å². The van der Waals surface area contributed by atoms with Crippen molar-refractivity contribution in [3.05, 3.63) is 136 Å². The molecule has 74 heavy (non-hydrogen) atoms. The molecule has 4 aliphatic heterocycles. The van der Waals surface area contributed by atoms with Crippen LogP contribution in [0.25, 0.3) is 21.1 Å². The lowest BCUT2D eigenvalue weighted by Crippen LogP contribution is -2.52. The highest BCUT2D eigenvalue weighted by atomic mass is 32.1. The van der Waals surface area contributed by atoms with Crippen molar-refractivity contribution in [1.29, 1.82) is 0 Å². The number of aryl methyl sites for hydroxylation is 2. The maximum Gasteiger partial charge on any atom is 0.354 e. The van der Waals surface area contributed by atoms with Gasteiger partial charge in [0.2, 0.25) is 17.7 Å². The molecule has 4 amide bonds. The molecule has 3 fully saturated rings. The lowest BCUT2D eigenvalue weighted by Gasteiger charge is -2.38. The summed E-state index contributed by atoms with van der Waals surface area (Å²) in [6.45, 7) is 6.13. The number of pyridine rings is 1. The molecule has 4 aliphatic rings. The number of carbonyl (C=O) groups excluding carboxylic acids is 4. The molecule has 0 saturated carbocycles. The first-order valence-corrected chi connectivity index (χ1v) is 26.4. The predicted molar refractivity (Wildman–Crippen MR) is 283 cm³/mol. The van der Waals surface area contributed by atoms with Crippen molar-refractivity contribution >= 4 is 78.7 Å². The number of carboxylic acid groups (broad SMARTS) is 1. The summed E-state index contributed by atoms with van der Waals surface area (Å²) in [5, 5.41) is 21.9. The largest absolute Gasteiger partial charge is 0.494 e. The van der Waals surface area contributed by atoms with Crippen molar-refractivity contribution in [3.63, 3.8) is 0 Å². The Morgan fingerprint density at radius 1 is 0.838 bits per heavy atom. The van der Waals surface area contributed by atoms with Gasteiger partial charge in [0.05, 0.1) is 46.2 Å². The SMILES string of the molecule is Cn1nc(C2CCC(=O)NC2=O)c2cccc(N3CCN(C(=O)CN4CCC(c5cccc(OCCCc6ccc(N7CCc8cccc(C(=O)Nc9nc%10ccccc%10s9)c8C7)nc6C(=O)O)c5)CC4)CC3)c21. The summed E-state index contributed by atoms with van der Waals surface area (Å²) in [5.74, 6) is -0.499. The Balaban J connectivity index is 0.637. The van der Waals surface area contributed by atoms with Crippen LogP contribution in [0.5, 0.6) is 5.75 Å². The molecule has 3 N–H and O–H groups in total. The zero-order valence-corrected chi connectivity index (χ0v) is 42.1. The fourth-order valence-electron chi connectivity index (χ4n) is 11.2. The number of para-hydroxylation sites is 2. The number of anilines is 3. The number of fused-ring (bicyclic) bond motifs is 3. The van der Waals surface area contributed by atoms with E-state index >= 15 is 0 Å². The van der Waals surface area contributed by atoms with Crippen LogP contribution in [-0.2, 0) is 40.8 Å². The topological polar surface area (TPSA) is 195 Å². The molecule has 18 heteroatoms. The summed E-state index contributed by atoms with van der Waals surface area (Å²) in [5.41, 5.74) is 7.91. The zero-order chi connectivity index (χ0) is 50.9. The maximum atomic E-state index is 13.6. The third-order valence-corrected chi connectivity index (χ3v) is 16.0. The van der Waals surface area contributed by atoms with Gasteiger partial charge in [-0.1, -0.05) is 65.9 Å². The summed E-state index contributed by atoms with van der Waals surface area (Å²) in [4.78, 5) is 82.1. The van der Waals surface area contributed by atoms with E-state index in [1.807, 2.05) is 100 Å². The van der Waals surface area contributed by atoms with Crippen molar-refractivity contribution in [2.75, 3.05) is 74.1 Å². The van der Waals surface area contributed by atoms with E-state index in [2.05, 4.69) is 48.6 Å². The highest BCUT2D eigenvalue weighted by Gasteiger charge is 2.34. The molecule has 7 heterocycles. The Labute approximate surface area is 432 Å². The number of piperazine rings is 1. The number of likely N-dealkylation sites (tertiary alicyclic amines) is 1. The number of carboxylic acids is 1. The summed E-state index contributed by atoms with van der Waals surface area (Å²) >= 11 is 1.43. The van der Waals surface area contributed by atoms with Crippen LogP contribution in [0.15, 0.2) is 97.1 Å². The number of aromatic carboxylic acids is 1. The molecular formula is C56H58N10O7S. The van der Waals surface area contributed by atoms with E-state index in [-0.39, 0.29) is 29.3 Å². The maximum absolute atomic E-state index is 13.6. The third kappa shape index (κ3) is 10.2. The molecule has 0 bridgehead atoms. The number of carbonyl (C=O) groups is 5. The van der Waals surface area contributed by atoms with Gasteiger partial charge in [0.15, 0.2) is 10.8 Å². The Bertz CT molecular complexity index is 3270. The molecule has 7 aromatic rings. The second kappa shape index (κ2) is 21.0. The normalized spacial score (nSPS) is 17.6. The Morgan fingerprint density at radius 2 is 1.65 bits per heavy atom. The molecule has 380 valence electrons. The van der Waals surface area contributed by atoms with Crippen molar-refractivity contribution in [1.82, 2.24) is 34.9 Å². The number of hydrogen-bond donors (Lipinski definition) is 3. The molecule has 0 radical (unpaired) electrons. The van der Waals surface area contributed by atoms with Gasteiger partial charge in [-0.15, -0.1) is 0 Å². The third-order valence-electron chi connectivity index (χ3n) is 15.1. The molecule has 0 spiro atoms. The number of nitrogens with one attached hydrogen (secondary N) is 2. The smallest absolute Gasteiger partial charge is 0.354 e.